The second kappa shape index (κ2) is 7.28. The molecule has 1 aromatic heterocycles. The summed E-state index contributed by atoms with van der Waals surface area (Å²) in [5.74, 6) is 1.70. The monoisotopic (exact) mass is 399 g/mol. The number of aryl methyl sites for hydroxylation is 1. The van der Waals surface area contributed by atoms with Gasteiger partial charge in [0, 0.05) is 17.5 Å². The Balaban J connectivity index is 1.62. The van der Waals surface area contributed by atoms with Crippen molar-refractivity contribution in [2.24, 2.45) is 0 Å². The van der Waals surface area contributed by atoms with Gasteiger partial charge in [0.05, 0.1) is 11.0 Å². The Labute approximate surface area is 176 Å². The number of Topliss-reactive ketones (excluding diaryl/α,β-unsaturated/α-hetero) is 1. The minimum atomic E-state index is -0.578. The predicted molar refractivity (Wildman–Crippen MR) is 116 cm³/mol. The highest BCUT2D eigenvalue weighted by molar-refractivity contribution is 6.13. The highest BCUT2D eigenvalue weighted by atomic mass is 16.5. The number of hydrogen-bond donors (Lipinski definition) is 0. The summed E-state index contributed by atoms with van der Waals surface area (Å²) in [4.78, 5) is 13.9. The maximum absolute atomic E-state index is 13.9. The average Bonchev–Trinajstić information content (AvgIpc) is 3.20. The van der Waals surface area contributed by atoms with Gasteiger partial charge in [-0.3, -0.25) is 4.79 Å². The molecule has 0 fully saturated rings. The van der Waals surface area contributed by atoms with Gasteiger partial charge in [0.2, 0.25) is 0 Å². The van der Waals surface area contributed by atoms with Crippen LogP contribution in [0.1, 0.15) is 60.4 Å². The van der Waals surface area contributed by atoms with Gasteiger partial charge in [-0.15, -0.1) is 0 Å². The normalized spacial score (nSPS) is 19.1. The van der Waals surface area contributed by atoms with Crippen molar-refractivity contribution < 1.29 is 14.1 Å². The van der Waals surface area contributed by atoms with Crippen molar-refractivity contribution in [1.82, 2.24) is 5.16 Å². The Hall–Kier alpha value is -3.14. The molecule has 30 heavy (non-hydrogen) atoms. The Kier molecular flexibility index (Phi) is 4.58. The first-order valence-corrected chi connectivity index (χ1v) is 10.6. The first-order chi connectivity index (χ1) is 14.6. The minimum absolute atomic E-state index is 0.164. The van der Waals surface area contributed by atoms with Crippen LogP contribution in [0, 0.1) is 0 Å². The van der Waals surface area contributed by atoms with Gasteiger partial charge in [-0.05, 0) is 44.7 Å². The van der Waals surface area contributed by atoms with E-state index in [1.807, 2.05) is 48.5 Å². The molecule has 2 aliphatic carbocycles. The number of hydrogen-bond acceptors (Lipinski definition) is 4. The van der Waals surface area contributed by atoms with E-state index in [0.29, 0.717) is 24.3 Å². The van der Waals surface area contributed by atoms with Crippen LogP contribution in [0.4, 0.5) is 0 Å². The first-order valence-electron chi connectivity index (χ1n) is 10.6. The maximum atomic E-state index is 13.9. The minimum Gasteiger partial charge on any atom is -0.488 e. The van der Waals surface area contributed by atoms with E-state index in [4.69, 9.17) is 9.26 Å². The maximum Gasteiger partial charge on any atom is 0.174 e. The zero-order valence-electron chi connectivity index (χ0n) is 17.4. The number of fused-ring (bicyclic) bond motifs is 2. The lowest BCUT2D eigenvalue weighted by atomic mass is 9.61. The third kappa shape index (κ3) is 2.90. The van der Waals surface area contributed by atoms with Gasteiger partial charge in [-0.2, -0.15) is 0 Å². The lowest BCUT2D eigenvalue weighted by Gasteiger charge is -2.38. The Morgan fingerprint density at radius 2 is 2.00 bits per heavy atom. The Morgan fingerprint density at radius 1 is 1.17 bits per heavy atom. The lowest BCUT2D eigenvalue weighted by molar-refractivity contribution is 0.0859. The average molecular weight is 399 g/mol. The van der Waals surface area contributed by atoms with Crippen LogP contribution in [0.25, 0.3) is 11.3 Å². The molecule has 0 bridgehead atoms. The van der Waals surface area contributed by atoms with Gasteiger partial charge in [-0.1, -0.05) is 59.3 Å². The van der Waals surface area contributed by atoms with E-state index in [1.54, 1.807) is 0 Å². The number of nitrogens with zero attached hydrogens (tertiary/aromatic N) is 1. The van der Waals surface area contributed by atoms with Gasteiger partial charge in [0.25, 0.3) is 0 Å². The number of allylic oxidation sites excluding steroid dienone is 2. The molecule has 3 aromatic rings. The largest absolute Gasteiger partial charge is 0.488 e. The van der Waals surface area contributed by atoms with Gasteiger partial charge >= 0.3 is 0 Å². The first kappa shape index (κ1) is 18.9. The van der Waals surface area contributed by atoms with Gasteiger partial charge in [0.15, 0.2) is 5.78 Å². The molecule has 0 N–H and O–H groups in total. The standard InChI is InChI=1S/C26H25NO3/c1-17(2)13-15-26-14-7-12-21-23(26)24(27-30-21)22-19(25(26)28)10-6-11-20(22)29-16-18-8-4-3-5-9-18/h3-6,8-11,13H,7,12,14-16H2,1-2H3. The smallest absolute Gasteiger partial charge is 0.174 e. The van der Waals surface area contributed by atoms with Crippen LogP contribution in [-0.4, -0.2) is 10.9 Å². The van der Waals surface area contributed by atoms with Crippen LogP contribution < -0.4 is 4.74 Å². The summed E-state index contributed by atoms with van der Waals surface area (Å²) in [7, 11) is 0. The SMILES string of the molecule is CC(C)=CCC12CCCc3onc(c31)-c1c(OCc3ccccc3)cccc1C2=O. The number of ketones is 1. The number of benzene rings is 2. The summed E-state index contributed by atoms with van der Waals surface area (Å²) in [6.45, 7) is 4.59. The van der Waals surface area contributed by atoms with E-state index in [2.05, 4.69) is 25.1 Å². The van der Waals surface area contributed by atoms with E-state index in [9.17, 15) is 4.79 Å². The molecule has 1 atom stereocenters. The second-order valence-corrected chi connectivity index (χ2v) is 8.53. The molecule has 0 radical (unpaired) electrons. The predicted octanol–water partition coefficient (Wildman–Crippen LogP) is 6.05. The van der Waals surface area contributed by atoms with E-state index in [1.165, 1.54) is 5.57 Å². The van der Waals surface area contributed by atoms with Crippen LogP contribution in [-0.2, 0) is 18.4 Å². The topological polar surface area (TPSA) is 52.3 Å². The van der Waals surface area contributed by atoms with Crippen LogP contribution >= 0.6 is 0 Å². The van der Waals surface area contributed by atoms with Crippen LogP contribution in [0.3, 0.4) is 0 Å². The Bertz CT molecular complexity index is 1140. The fraction of sp³-hybridized carbons (Fsp3) is 0.308. The molecule has 2 aromatic carbocycles. The molecule has 0 amide bonds. The zero-order valence-corrected chi connectivity index (χ0v) is 17.4. The fourth-order valence-corrected chi connectivity index (χ4v) is 4.81. The molecule has 1 unspecified atom stereocenters. The van der Waals surface area contributed by atoms with Crippen molar-refractivity contribution >= 4 is 5.78 Å². The van der Waals surface area contributed by atoms with E-state index in [0.717, 1.165) is 47.4 Å². The van der Waals surface area contributed by atoms with E-state index < -0.39 is 5.41 Å². The summed E-state index contributed by atoms with van der Waals surface area (Å²) in [5.41, 5.74) is 4.95. The number of aromatic nitrogens is 1. The molecule has 2 aliphatic rings. The fourth-order valence-electron chi connectivity index (χ4n) is 4.81. The highest BCUT2D eigenvalue weighted by Crippen LogP contribution is 2.53. The van der Waals surface area contributed by atoms with Crippen molar-refractivity contribution in [3.05, 3.63) is 82.6 Å². The molecular weight excluding hydrogens is 374 g/mol. The highest BCUT2D eigenvalue weighted by Gasteiger charge is 2.51. The van der Waals surface area contributed by atoms with Crippen LogP contribution in [0.5, 0.6) is 5.75 Å². The zero-order chi connectivity index (χ0) is 20.7. The molecule has 5 rings (SSSR count). The Morgan fingerprint density at radius 3 is 2.80 bits per heavy atom. The number of ether oxygens (including phenoxy) is 1. The molecule has 0 saturated heterocycles. The molecule has 0 spiro atoms. The quantitative estimate of drug-likeness (QED) is 0.490. The summed E-state index contributed by atoms with van der Waals surface area (Å²) in [6, 6.07) is 15.8. The van der Waals surface area contributed by atoms with Crippen molar-refractivity contribution in [3.8, 4) is 17.0 Å². The number of carbonyl (C=O) groups excluding carboxylic acids is 1. The molecule has 1 heterocycles. The lowest BCUT2D eigenvalue weighted by Crippen LogP contribution is -2.41. The second-order valence-electron chi connectivity index (χ2n) is 8.53. The third-order valence-electron chi connectivity index (χ3n) is 6.29. The van der Waals surface area contributed by atoms with Crippen molar-refractivity contribution in [1.29, 1.82) is 0 Å². The number of carbonyl (C=O) groups is 1. The van der Waals surface area contributed by atoms with Crippen molar-refractivity contribution in [2.45, 2.75) is 51.6 Å². The number of rotatable bonds is 5. The molecule has 0 aliphatic heterocycles. The summed E-state index contributed by atoms with van der Waals surface area (Å²) in [6.07, 6.45) is 5.44. The van der Waals surface area contributed by atoms with Gasteiger partial charge in [0.1, 0.15) is 23.8 Å². The third-order valence-corrected chi connectivity index (χ3v) is 6.29. The molecule has 4 nitrogen and oxygen atoms in total. The van der Waals surface area contributed by atoms with Crippen LogP contribution in [0.15, 0.2) is 64.7 Å². The molecule has 152 valence electrons. The van der Waals surface area contributed by atoms with Crippen molar-refractivity contribution in [3.63, 3.8) is 0 Å². The summed E-state index contributed by atoms with van der Waals surface area (Å²) in [5, 5.41) is 4.45. The van der Waals surface area contributed by atoms with Crippen LogP contribution in [0.2, 0.25) is 0 Å². The van der Waals surface area contributed by atoms with E-state index >= 15 is 0 Å². The molecular formula is C26H25NO3. The van der Waals surface area contributed by atoms with Gasteiger partial charge < -0.3 is 9.26 Å². The summed E-state index contributed by atoms with van der Waals surface area (Å²) < 4.78 is 11.9. The van der Waals surface area contributed by atoms with Gasteiger partial charge in [-0.25, -0.2) is 0 Å². The molecule has 4 heteroatoms. The van der Waals surface area contributed by atoms with Crippen molar-refractivity contribution in [2.75, 3.05) is 0 Å². The van der Waals surface area contributed by atoms with E-state index in [-0.39, 0.29) is 5.78 Å². The molecule has 0 saturated carbocycles. The summed E-state index contributed by atoms with van der Waals surface area (Å²) >= 11 is 0.